The topological polar surface area (TPSA) is 90.3 Å². The van der Waals surface area contributed by atoms with Gasteiger partial charge in [-0.25, -0.2) is 0 Å². The number of hydrogen-bond acceptors (Lipinski definition) is 7. The van der Waals surface area contributed by atoms with Crippen LogP contribution in [-0.2, 0) is 4.74 Å². The Balaban J connectivity index is 1.82. The van der Waals surface area contributed by atoms with Gasteiger partial charge in [0.2, 0.25) is 5.82 Å². The minimum absolute atomic E-state index is 0.149. The largest absolute Gasteiger partial charge is 0.397 e. The number of hydrogen-bond donors (Lipinski definition) is 1. The first-order chi connectivity index (χ1) is 9.78. The minimum Gasteiger partial charge on any atom is -0.397 e. The Labute approximate surface area is 116 Å². The molecule has 0 radical (unpaired) electrons. The number of morpholine rings is 1. The van der Waals surface area contributed by atoms with E-state index in [1.54, 1.807) is 18.5 Å². The third-order valence-electron chi connectivity index (χ3n) is 3.41. The van der Waals surface area contributed by atoms with Gasteiger partial charge in [-0.1, -0.05) is 12.1 Å². The highest BCUT2D eigenvalue weighted by molar-refractivity contribution is 5.68. The Morgan fingerprint density at radius 1 is 1.50 bits per heavy atom. The number of likely N-dealkylation sites (N-methyl/N-ethyl adjacent to an activating group) is 1. The SMILES string of the molecule is CCN1CCOC(c2noc(-c3ccncc3N)n2)C1. The molecule has 1 aliphatic rings. The Bertz CT molecular complexity index is 586. The summed E-state index contributed by atoms with van der Waals surface area (Å²) >= 11 is 0. The van der Waals surface area contributed by atoms with Crippen LogP contribution in [0.3, 0.4) is 0 Å². The van der Waals surface area contributed by atoms with Gasteiger partial charge in [0.25, 0.3) is 5.89 Å². The lowest BCUT2D eigenvalue weighted by molar-refractivity contribution is -0.0334. The standard InChI is InChI=1S/C13H17N5O2/c1-2-18-5-6-19-11(8-18)12-16-13(20-17-12)9-3-4-15-7-10(9)14/h3-4,7,11H,2,5-6,8,14H2,1H3. The normalized spacial score (nSPS) is 20.1. The molecule has 0 saturated carbocycles. The van der Waals surface area contributed by atoms with E-state index in [1.165, 1.54) is 0 Å². The average Bonchev–Trinajstić information content (AvgIpc) is 2.97. The number of rotatable bonds is 3. The number of pyridine rings is 1. The second-order valence-corrected chi connectivity index (χ2v) is 4.67. The summed E-state index contributed by atoms with van der Waals surface area (Å²) in [4.78, 5) is 10.6. The summed E-state index contributed by atoms with van der Waals surface area (Å²) < 4.78 is 11.0. The Morgan fingerprint density at radius 3 is 3.20 bits per heavy atom. The molecule has 1 aliphatic heterocycles. The van der Waals surface area contributed by atoms with Crippen molar-refractivity contribution < 1.29 is 9.26 Å². The molecule has 20 heavy (non-hydrogen) atoms. The fourth-order valence-electron chi connectivity index (χ4n) is 2.22. The summed E-state index contributed by atoms with van der Waals surface area (Å²) in [6.45, 7) is 5.51. The maximum Gasteiger partial charge on any atom is 0.260 e. The van der Waals surface area contributed by atoms with Gasteiger partial charge < -0.3 is 15.0 Å². The van der Waals surface area contributed by atoms with Gasteiger partial charge in [-0.2, -0.15) is 4.98 Å². The molecular formula is C13H17N5O2. The third kappa shape index (κ3) is 2.50. The van der Waals surface area contributed by atoms with Gasteiger partial charge in [-0.15, -0.1) is 0 Å². The van der Waals surface area contributed by atoms with Crippen LogP contribution >= 0.6 is 0 Å². The van der Waals surface area contributed by atoms with Gasteiger partial charge >= 0.3 is 0 Å². The van der Waals surface area contributed by atoms with Crippen LogP contribution in [0.2, 0.25) is 0 Å². The van der Waals surface area contributed by atoms with Crippen molar-refractivity contribution in [3.63, 3.8) is 0 Å². The highest BCUT2D eigenvalue weighted by atomic mass is 16.5. The third-order valence-corrected chi connectivity index (χ3v) is 3.41. The first kappa shape index (κ1) is 13.0. The smallest absolute Gasteiger partial charge is 0.260 e. The van der Waals surface area contributed by atoms with Crippen LogP contribution in [0.15, 0.2) is 23.0 Å². The zero-order valence-electron chi connectivity index (χ0n) is 11.3. The van der Waals surface area contributed by atoms with Crippen molar-refractivity contribution in [2.24, 2.45) is 0 Å². The lowest BCUT2D eigenvalue weighted by atomic mass is 10.2. The van der Waals surface area contributed by atoms with E-state index >= 15 is 0 Å². The number of nitrogen functional groups attached to an aromatic ring is 1. The quantitative estimate of drug-likeness (QED) is 0.897. The molecule has 3 heterocycles. The molecule has 0 aliphatic carbocycles. The van der Waals surface area contributed by atoms with Gasteiger partial charge in [-0.3, -0.25) is 9.88 Å². The van der Waals surface area contributed by atoms with Gasteiger partial charge in [0.1, 0.15) is 6.10 Å². The molecule has 1 saturated heterocycles. The van der Waals surface area contributed by atoms with E-state index in [2.05, 4.69) is 26.9 Å². The molecule has 1 atom stereocenters. The summed E-state index contributed by atoms with van der Waals surface area (Å²) in [5.41, 5.74) is 7.07. The Morgan fingerprint density at radius 2 is 2.40 bits per heavy atom. The van der Waals surface area contributed by atoms with Crippen LogP contribution in [0.1, 0.15) is 18.9 Å². The van der Waals surface area contributed by atoms with Gasteiger partial charge in [0, 0.05) is 19.3 Å². The molecule has 1 unspecified atom stereocenters. The fraction of sp³-hybridized carbons (Fsp3) is 0.462. The maximum atomic E-state index is 5.85. The number of ether oxygens (including phenoxy) is 1. The van der Waals surface area contributed by atoms with Crippen LogP contribution < -0.4 is 5.73 Å². The molecule has 2 N–H and O–H groups in total. The van der Waals surface area contributed by atoms with E-state index in [9.17, 15) is 0 Å². The molecule has 106 valence electrons. The summed E-state index contributed by atoms with van der Waals surface area (Å²) in [6, 6.07) is 1.76. The van der Waals surface area contributed by atoms with Crippen molar-refractivity contribution in [1.82, 2.24) is 20.0 Å². The highest BCUT2D eigenvalue weighted by Crippen LogP contribution is 2.26. The van der Waals surface area contributed by atoms with Gasteiger partial charge in [-0.05, 0) is 12.6 Å². The van der Waals surface area contributed by atoms with Crippen molar-refractivity contribution in [3.8, 4) is 11.5 Å². The van der Waals surface area contributed by atoms with E-state index < -0.39 is 0 Å². The van der Waals surface area contributed by atoms with Crippen LogP contribution in [0, 0.1) is 0 Å². The van der Waals surface area contributed by atoms with Crippen molar-refractivity contribution in [2.45, 2.75) is 13.0 Å². The average molecular weight is 275 g/mol. The van der Waals surface area contributed by atoms with Crippen molar-refractivity contribution in [3.05, 3.63) is 24.3 Å². The first-order valence-corrected chi connectivity index (χ1v) is 6.65. The summed E-state index contributed by atoms with van der Waals surface area (Å²) in [7, 11) is 0. The van der Waals surface area contributed by atoms with Crippen molar-refractivity contribution in [1.29, 1.82) is 0 Å². The van der Waals surface area contributed by atoms with E-state index in [0.717, 1.165) is 19.6 Å². The van der Waals surface area contributed by atoms with Gasteiger partial charge in [0.15, 0.2) is 0 Å². The monoisotopic (exact) mass is 275 g/mol. The van der Waals surface area contributed by atoms with Gasteiger partial charge in [0.05, 0.1) is 24.1 Å². The Kier molecular flexibility index (Phi) is 3.62. The lowest BCUT2D eigenvalue weighted by Crippen LogP contribution is -2.38. The Hall–Kier alpha value is -1.99. The lowest BCUT2D eigenvalue weighted by Gasteiger charge is -2.30. The molecule has 7 heteroatoms. The summed E-state index contributed by atoms with van der Waals surface area (Å²) in [5, 5.41) is 4.01. The number of anilines is 1. The second-order valence-electron chi connectivity index (χ2n) is 4.67. The van der Waals surface area contributed by atoms with Crippen LogP contribution in [0.4, 0.5) is 5.69 Å². The molecular weight excluding hydrogens is 258 g/mol. The van der Waals surface area contributed by atoms with Crippen LogP contribution in [-0.4, -0.2) is 46.3 Å². The summed E-state index contributed by atoms with van der Waals surface area (Å²) in [5.74, 6) is 0.964. The highest BCUT2D eigenvalue weighted by Gasteiger charge is 2.26. The first-order valence-electron chi connectivity index (χ1n) is 6.65. The predicted octanol–water partition coefficient (Wildman–Crippen LogP) is 1.11. The van der Waals surface area contributed by atoms with E-state index in [4.69, 9.17) is 15.0 Å². The van der Waals surface area contributed by atoms with Crippen molar-refractivity contribution in [2.75, 3.05) is 32.0 Å². The molecule has 1 fully saturated rings. The maximum absolute atomic E-state index is 5.85. The number of nitrogens with zero attached hydrogens (tertiary/aromatic N) is 4. The minimum atomic E-state index is -0.149. The zero-order valence-corrected chi connectivity index (χ0v) is 11.3. The molecule has 7 nitrogen and oxygen atoms in total. The molecule has 3 rings (SSSR count). The predicted molar refractivity (Wildman–Crippen MR) is 72.7 cm³/mol. The van der Waals surface area contributed by atoms with Crippen molar-refractivity contribution >= 4 is 5.69 Å². The van der Waals surface area contributed by atoms with E-state index in [0.29, 0.717) is 29.6 Å². The van der Waals surface area contributed by atoms with E-state index in [-0.39, 0.29) is 6.10 Å². The molecule has 2 aromatic heterocycles. The van der Waals surface area contributed by atoms with E-state index in [1.807, 2.05) is 0 Å². The molecule has 0 aromatic carbocycles. The van der Waals surface area contributed by atoms with Crippen LogP contribution in [0.5, 0.6) is 0 Å². The molecule has 0 bridgehead atoms. The second kappa shape index (κ2) is 5.56. The molecule has 0 spiro atoms. The number of nitrogens with two attached hydrogens (primary N) is 1. The fourth-order valence-corrected chi connectivity index (χ4v) is 2.22. The zero-order chi connectivity index (χ0) is 13.9. The van der Waals surface area contributed by atoms with Crippen LogP contribution in [0.25, 0.3) is 11.5 Å². The molecule has 2 aromatic rings. The molecule has 0 amide bonds. The summed E-state index contributed by atoms with van der Waals surface area (Å²) in [6.07, 6.45) is 3.06. The number of aromatic nitrogens is 3.